The quantitative estimate of drug-likeness (QED) is 0.716. The van der Waals surface area contributed by atoms with Crippen molar-refractivity contribution < 1.29 is 19.8 Å². The third-order valence-electron chi connectivity index (χ3n) is 5.33. The Kier molecular flexibility index (Phi) is 4.47. The van der Waals surface area contributed by atoms with E-state index in [-0.39, 0.29) is 5.56 Å². The van der Waals surface area contributed by atoms with Crippen LogP contribution in [0.2, 0.25) is 0 Å². The average molecular weight is 376 g/mol. The second-order valence-corrected chi connectivity index (χ2v) is 7.07. The van der Waals surface area contributed by atoms with Crippen LogP contribution < -0.4 is 4.90 Å². The third-order valence-corrected chi connectivity index (χ3v) is 5.33. The molecule has 1 atom stereocenters. The van der Waals surface area contributed by atoms with Crippen LogP contribution in [0.4, 0.5) is 5.82 Å². The first-order chi connectivity index (χ1) is 13.5. The van der Waals surface area contributed by atoms with E-state index < -0.39 is 18.0 Å². The van der Waals surface area contributed by atoms with Crippen LogP contribution in [0.3, 0.4) is 0 Å². The van der Waals surface area contributed by atoms with Crippen molar-refractivity contribution in [2.75, 3.05) is 11.4 Å². The minimum Gasteiger partial charge on any atom is -0.480 e. The molecule has 0 radical (unpaired) electrons. The normalized spacial score (nSPS) is 16.5. The largest absolute Gasteiger partial charge is 0.480 e. The molecule has 6 nitrogen and oxygen atoms in total. The Balaban J connectivity index is 1.93. The van der Waals surface area contributed by atoms with Crippen molar-refractivity contribution in [3.8, 4) is 11.1 Å². The highest BCUT2D eigenvalue weighted by Gasteiger charge is 2.32. The van der Waals surface area contributed by atoms with E-state index in [4.69, 9.17) is 0 Å². The Morgan fingerprint density at radius 3 is 2.68 bits per heavy atom. The smallest absolute Gasteiger partial charge is 0.335 e. The number of rotatable bonds is 4. The molecule has 3 aromatic rings. The molecule has 0 amide bonds. The first kappa shape index (κ1) is 18.0. The molecular weight excluding hydrogens is 356 g/mol. The number of carboxylic acid groups (broad SMARTS) is 2. The van der Waals surface area contributed by atoms with E-state index in [0.29, 0.717) is 18.8 Å². The molecule has 6 heteroatoms. The molecule has 0 saturated carbocycles. The molecule has 1 aliphatic heterocycles. The topological polar surface area (TPSA) is 90.7 Å². The third kappa shape index (κ3) is 2.97. The van der Waals surface area contributed by atoms with Crippen molar-refractivity contribution in [2.24, 2.45) is 0 Å². The molecule has 4 rings (SSSR count). The second kappa shape index (κ2) is 6.96. The second-order valence-electron chi connectivity index (χ2n) is 7.07. The molecule has 142 valence electrons. The number of benzene rings is 2. The molecule has 0 spiro atoms. The number of pyridine rings is 1. The highest BCUT2D eigenvalue weighted by Crippen LogP contribution is 2.37. The number of hydrogen-bond donors (Lipinski definition) is 2. The number of aromatic carboxylic acids is 1. The van der Waals surface area contributed by atoms with Gasteiger partial charge < -0.3 is 15.1 Å². The van der Waals surface area contributed by atoms with Gasteiger partial charge in [0.2, 0.25) is 0 Å². The summed E-state index contributed by atoms with van der Waals surface area (Å²) in [4.78, 5) is 29.5. The van der Waals surface area contributed by atoms with Gasteiger partial charge in [-0.1, -0.05) is 30.3 Å². The number of anilines is 1. The predicted octanol–water partition coefficient (Wildman–Crippen LogP) is 3.96. The minimum atomic E-state index is -0.978. The molecule has 1 unspecified atom stereocenters. The molecule has 1 aliphatic rings. The molecule has 2 heterocycles. The van der Waals surface area contributed by atoms with Crippen LogP contribution in [0.15, 0.2) is 48.7 Å². The molecule has 1 aromatic heterocycles. The summed E-state index contributed by atoms with van der Waals surface area (Å²) in [5, 5.41) is 20.7. The Bertz CT molecular complexity index is 1090. The first-order valence-electron chi connectivity index (χ1n) is 9.19. The maximum Gasteiger partial charge on any atom is 0.335 e. The van der Waals surface area contributed by atoms with E-state index >= 15 is 0 Å². The maximum atomic E-state index is 11.7. The molecule has 0 bridgehead atoms. The van der Waals surface area contributed by atoms with Crippen LogP contribution in [0.5, 0.6) is 0 Å². The van der Waals surface area contributed by atoms with Gasteiger partial charge in [-0.25, -0.2) is 14.6 Å². The van der Waals surface area contributed by atoms with E-state index in [1.54, 1.807) is 24.4 Å². The van der Waals surface area contributed by atoms with Crippen LogP contribution in [0, 0.1) is 6.92 Å². The van der Waals surface area contributed by atoms with Gasteiger partial charge in [0.25, 0.3) is 0 Å². The van der Waals surface area contributed by atoms with Crippen molar-refractivity contribution in [2.45, 2.75) is 25.8 Å². The summed E-state index contributed by atoms with van der Waals surface area (Å²) in [6, 6.07) is 12.1. The summed E-state index contributed by atoms with van der Waals surface area (Å²) < 4.78 is 0. The Morgan fingerprint density at radius 2 is 1.93 bits per heavy atom. The molecule has 2 N–H and O–H groups in total. The van der Waals surface area contributed by atoms with E-state index in [9.17, 15) is 19.8 Å². The van der Waals surface area contributed by atoms with E-state index in [1.807, 2.05) is 36.1 Å². The van der Waals surface area contributed by atoms with Gasteiger partial charge in [-0.15, -0.1) is 0 Å². The fraction of sp³-hybridized carbons (Fsp3) is 0.227. The standard InChI is InChI=1S/C22H20N2O4/c1-13-5-2-8-16-17(14-6-3-7-15(11-14)21(25)26)12-23-20(19(13)16)24-10-4-9-18(24)22(27)28/h2-3,5-8,11-12,18H,4,9-10H2,1H3,(H,25,26)(H,27,28). The van der Waals surface area contributed by atoms with Crippen LogP contribution in [0.1, 0.15) is 28.8 Å². The maximum absolute atomic E-state index is 11.7. The Labute approximate surface area is 162 Å². The molecule has 0 aliphatic carbocycles. The van der Waals surface area contributed by atoms with Crippen molar-refractivity contribution in [1.29, 1.82) is 0 Å². The van der Waals surface area contributed by atoms with Gasteiger partial charge in [0.05, 0.1) is 5.56 Å². The molecule has 2 aromatic carbocycles. The van der Waals surface area contributed by atoms with E-state index in [2.05, 4.69) is 4.98 Å². The number of aryl methyl sites for hydroxylation is 1. The highest BCUT2D eigenvalue weighted by atomic mass is 16.4. The SMILES string of the molecule is Cc1cccc2c(-c3cccc(C(=O)O)c3)cnc(N3CCCC3C(=O)O)c12. The van der Waals surface area contributed by atoms with E-state index in [1.165, 1.54) is 0 Å². The number of nitrogens with zero attached hydrogens (tertiary/aromatic N) is 2. The fourth-order valence-corrected chi connectivity index (χ4v) is 3.99. The zero-order valence-corrected chi connectivity index (χ0v) is 15.4. The first-order valence-corrected chi connectivity index (χ1v) is 9.19. The molecule has 28 heavy (non-hydrogen) atoms. The van der Waals surface area contributed by atoms with Crippen molar-refractivity contribution in [1.82, 2.24) is 4.98 Å². The van der Waals surface area contributed by atoms with E-state index in [0.717, 1.165) is 33.9 Å². The summed E-state index contributed by atoms with van der Waals surface area (Å²) in [5.41, 5.74) is 2.82. The summed E-state index contributed by atoms with van der Waals surface area (Å²) in [7, 11) is 0. The van der Waals surface area contributed by atoms with Gasteiger partial charge in [-0.3, -0.25) is 0 Å². The number of carboxylic acids is 2. The Hall–Kier alpha value is -3.41. The van der Waals surface area contributed by atoms with Crippen molar-refractivity contribution in [3.63, 3.8) is 0 Å². The number of hydrogen-bond acceptors (Lipinski definition) is 4. The zero-order valence-electron chi connectivity index (χ0n) is 15.4. The highest BCUT2D eigenvalue weighted by molar-refractivity contribution is 6.05. The van der Waals surface area contributed by atoms with Gasteiger partial charge in [0.15, 0.2) is 0 Å². The molecular formula is C22H20N2O4. The van der Waals surface area contributed by atoms with Gasteiger partial charge in [-0.05, 0) is 48.4 Å². The van der Waals surface area contributed by atoms with Crippen molar-refractivity contribution >= 4 is 28.5 Å². The number of fused-ring (bicyclic) bond motifs is 1. The van der Waals surface area contributed by atoms with Gasteiger partial charge in [-0.2, -0.15) is 0 Å². The average Bonchev–Trinajstić information content (AvgIpc) is 3.17. The van der Waals surface area contributed by atoms with Crippen LogP contribution >= 0.6 is 0 Å². The lowest BCUT2D eigenvalue weighted by Gasteiger charge is -2.25. The zero-order chi connectivity index (χ0) is 19.8. The summed E-state index contributed by atoms with van der Waals surface area (Å²) in [5.74, 6) is -1.14. The van der Waals surface area contributed by atoms with Crippen LogP contribution in [-0.2, 0) is 4.79 Å². The van der Waals surface area contributed by atoms with Crippen molar-refractivity contribution in [3.05, 3.63) is 59.8 Å². The summed E-state index contributed by atoms with van der Waals surface area (Å²) in [6.07, 6.45) is 3.14. The van der Waals surface area contributed by atoms with Gasteiger partial charge in [0.1, 0.15) is 11.9 Å². The number of aromatic nitrogens is 1. The predicted molar refractivity (Wildman–Crippen MR) is 107 cm³/mol. The van der Waals surface area contributed by atoms with Crippen LogP contribution in [0.25, 0.3) is 21.9 Å². The lowest BCUT2D eigenvalue weighted by atomic mass is 9.96. The fourth-order valence-electron chi connectivity index (χ4n) is 3.99. The van der Waals surface area contributed by atoms with Gasteiger partial charge >= 0.3 is 11.9 Å². The summed E-state index contributed by atoms with van der Waals surface area (Å²) >= 11 is 0. The monoisotopic (exact) mass is 376 g/mol. The van der Waals surface area contributed by atoms with Gasteiger partial charge in [0, 0.05) is 23.7 Å². The Morgan fingerprint density at radius 1 is 1.14 bits per heavy atom. The lowest BCUT2D eigenvalue weighted by molar-refractivity contribution is -0.138. The lowest BCUT2D eigenvalue weighted by Crippen LogP contribution is -2.36. The molecule has 1 saturated heterocycles. The minimum absolute atomic E-state index is 0.216. The number of aliphatic carboxylic acids is 1. The van der Waals surface area contributed by atoms with Crippen LogP contribution in [-0.4, -0.2) is 39.7 Å². The molecule has 1 fully saturated rings. The number of carbonyl (C=O) groups is 2. The summed E-state index contributed by atoms with van der Waals surface area (Å²) in [6.45, 7) is 2.64.